The standard InChI is InChI=1S/C24H24N2O6S/c1-14-20(23(27)31-3)22(17-5-4-6-18(13-17)26(29)30)21(15(2)25-14)24(28)32-12-11-16-7-9-19(33)10-8-16/h4-10,13,20,22,33H,11-12H2,1-3H3. The van der Waals surface area contributed by atoms with E-state index in [9.17, 15) is 19.7 Å². The molecule has 0 aromatic heterocycles. The first-order valence-corrected chi connectivity index (χ1v) is 10.7. The van der Waals surface area contributed by atoms with Gasteiger partial charge in [-0.3, -0.25) is 19.9 Å². The molecule has 1 aliphatic heterocycles. The lowest BCUT2D eigenvalue weighted by molar-refractivity contribution is -0.384. The highest BCUT2D eigenvalue weighted by Gasteiger charge is 2.42. The Morgan fingerprint density at radius 2 is 1.85 bits per heavy atom. The zero-order valence-corrected chi connectivity index (χ0v) is 19.4. The molecule has 2 aromatic rings. The summed E-state index contributed by atoms with van der Waals surface area (Å²) < 4.78 is 10.5. The number of aliphatic imine (C=N–C) groups is 1. The van der Waals surface area contributed by atoms with Gasteiger partial charge in [-0.25, -0.2) is 4.79 Å². The predicted octanol–water partition coefficient (Wildman–Crippen LogP) is 4.29. The van der Waals surface area contributed by atoms with Gasteiger partial charge in [-0.05, 0) is 37.1 Å². The zero-order valence-electron chi connectivity index (χ0n) is 18.5. The number of methoxy groups -OCH3 is 1. The van der Waals surface area contributed by atoms with Crippen molar-refractivity contribution in [2.75, 3.05) is 13.7 Å². The van der Waals surface area contributed by atoms with Gasteiger partial charge in [0.15, 0.2) is 0 Å². The Balaban J connectivity index is 1.94. The summed E-state index contributed by atoms with van der Waals surface area (Å²) in [5.41, 5.74) is 2.31. The number of nitro benzene ring substituents is 1. The molecular formula is C24H24N2O6S. The molecule has 1 aliphatic rings. The molecule has 2 unspecified atom stereocenters. The molecule has 172 valence electrons. The number of thiol groups is 1. The average molecular weight is 469 g/mol. The number of nitrogens with zero attached hydrogens (tertiary/aromatic N) is 2. The van der Waals surface area contributed by atoms with E-state index < -0.39 is 28.7 Å². The summed E-state index contributed by atoms with van der Waals surface area (Å²) in [5, 5.41) is 11.3. The lowest BCUT2D eigenvalue weighted by atomic mass is 9.75. The number of allylic oxidation sites excluding steroid dienone is 1. The highest BCUT2D eigenvalue weighted by atomic mass is 32.1. The SMILES string of the molecule is COC(=O)C1C(C)=NC(C)=C(C(=O)OCCc2ccc(S)cc2)C1c1cccc([N+](=O)[O-])c1. The molecule has 0 saturated carbocycles. The Bertz CT molecular complexity index is 1140. The van der Waals surface area contributed by atoms with Gasteiger partial charge in [0.2, 0.25) is 0 Å². The molecule has 0 fully saturated rings. The number of benzene rings is 2. The number of hydrogen-bond donors (Lipinski definition) is 1. The van der Waals surface area contributed by atoms with Crippen molar-refractivity contribution in [2.45, 2.75) is 31.1 Å². The van der Waals surface area contributed by atoms with Crippen molar-refractivity contribution in [2.24, 2.45) is 10.9 Å². The Morgan fingerprint density at radius 1 is 1.15 bits per heavy atom. The number of hydrogen-bond acceptors (Lipinski definition) is 8. The van der Waals surface area contributed by atoms with Crippen molar-refractivity contribution in [1.82, 2.24) is 0 Å². The van der Waals surface area contributed by atoms with E-state index in [1.165, 1.54) is 25.3 Å². The fourth-order valence-electron chi connectivity index (χ4n) is 3.93. The summed E-state index contributed by atoms with van der Waals surface area (Å²) in [4.78, 5) is 41.9. The molecule has 0 aliphatic carbocycles. The molecule has 0 amide bonds. The van der Waals surface area contributed by atoms with Crippen LogP contribution >= 0.6 is 12.6 Å². The van der Waals surface area contributed by atoms with Crippen LogP contribution in [0.2, 0.25) is 0 Å². The average Bonchev–Trinajstić information content (AvgIpc) is 2.79. The zero-order chi connectivity index (χ0) is 24.1. The van der Waals surface area contributed by atoms with Gasteiger partial charge in [0.05, 0.1) is 24.2 Å². The van der Waals surface area contributed by atoms with E-state index in [0.717, 1.165) is 10.5 Å². The Labute approximate surface area is 196 Å². The minimum Gasteiger partial charge on any atom is -0.468 e. The first kappa shape index (κ1) is 24.2. The number of carbonyl (C=O) groups is 2. The van der Waals surface area contributed by atoms with Crippen molar-refractivity contribution >= 4 is 36.0 Å². The summed E-state index contributed by atoms with van der Waals surface area (Å²) in [7, 11) is 1.25. The second-order valence-corrected chi connectivity index (χ2v) is 8.15. The number of ether oxygens (including phenoxy) is 2. The van der Waals surface area contributed by atoms with E-state index in [1.54, 1.807) is 19.9 Å². The molecular weight excluding hydrogens is 444 g/mol. The van der Waals surface area contributed by atoms with E-state index in [4.69, 9.17) is 9.47 Å². The number of non-ortho nitro benzene ring substituents is 1. The Kier molecular flexibility index (Phi) is 7.65. The second kappa shape index (κ2) is 10.4. The number of rotatable bonds is 7. The highest BCUT2D eigenvalue weighted by Crippen LogP contribution is 2.40. The van der Waals surface area contributed by atoms with Gasteiger partial charge in [0.25, 0.3) is 5.69 Å². The molecule has 2 aromatic carbocycles. The van der Waals surface area contributed by atoms with Gasteiger partial charge in [0, 0.05) is 40.8 Å². The Morgan fingerprint density at radius 3 is 2.48 bits per heavy atom. The predicted molar refractivity (Wildman–Crippen MR) is 126 cm³/mol. The monoisotopic (exact) mass is 468 g/mol. The van der Waals surface area contributed by atoms with Gasteiger partial charge in [-0.15, -0.1) is 12.6 Å². The third-order valence-corrected chi connectivity index (χ3v) is 5.80. The third kappa shape index (κ3) is 5.48. The van der Waals surface area contributed by atoms with E-state index in [0.29, 0.717) is 23.4 Å². The van der Waals surface area contributed by atoms with Gasteiger partial charge >= 0.3 is 11.9 Å². The molecule has 2 atom stereocenters. The first-order valence-electron chi connectivity index (χ1n) is 10.3. The topological polar surface area (TPSA) is 108 Å². The normalized spacial score (nSPS) is 17.9. The van der Waals surface area contributed by atoms with Crippen molar-refractivity contribution in [3.05, 3.63) is 81.0 Å². The molecule has 0 N–H and O–H groups in total. The Hall–Kier alpha value is -3.46. The smallest absolute Gasteiger partial charge is 0.336 e. The van der Waals surface area contributed by atoms with Crippen LogP contribution in [0.15, 0.2) is 69.7 Å². The van der Waals surface area contributed by atoms with Crippen molar-refractivity contribution in [3.8, 4) is 0 Å². The van der Waals surface area contributed by atoms with Crippen LogP contribution in [0.25, 0.3) is 0 Å². The molecule has 0 saturated heterocycles. The molecule has 33 heavy (non-hydrogen) atoms. The van der Waals surface area contributed by atoms with Crippen LogP contribution in [-0.2, 0) is 25.5 Å². The maximum absolute atomic E-state index is 13.2. The van der Waals surface area contributed by atoms with Crippen LogP contribution in [0.1, 0.15) is 30.9 Å². The van der Waals surface area contributed by atoms with Crippen LogP contribution in [0.4, 0.5) is 5.69 Å². The summed E-state index contributed by atoms with van der Waals surface area (Å²) in [6.07, 6.45) is 0.496. The van der Waals surface area contributed by atoms with Crippen molar-refractivity contribution < 1.29 is 24.0 Å². The van der Waals surface area contributed by atoms with Crippen molar-refractivity contribution in [1.29, 1.82) is 0 Å². The van der Waals surface area contributed by atoms with E-state index >= 15 is 0 Å². The summed E-state index contributed by atoms with van der Waals surface area (Å²) in [6.45, 7) is 3.45. The quantitative estimate of drug-likeness (QED) is 0.281. The number of nitro groups is 1. The second-order valence-electron chi connectivity index (χ2n) is 7.64. The molecule has 0 spiro atoms. The van der Waals surface area contributed by atoms with Gasteiger partial charge in [-0.2, -0.15) is 0 Å². The summed E-state index contributed by atoms with van der Waals surface area (Å²) in [6, 6.07) is 13.4. The van der Waals surface area contributed by atoms with Crippen LogP contribution in [-0.4, -0.2) is 36.3 Å². The van der Waals surface area contributed by atoms with E-state index in [1.807, 2.05) is 24.3 Å². The lowest BCUT2D eigenvalue weighted by Gasteiger charge is -2.31. The van der Waals surface area contributed by atoms with Gasteiger partial charge in [0.1, 0.15) is 5.92 Å². The fraction of sp³-hybridized carbons (Fsp3) is 0.292. The van der Waals surface area contributed by atoms with Crippen LogP contribution in [0, 0.1) is 16.0 Å². The largest absolute Gasteiger partial charge is 0.468 e. The molecule has 8 nitrogen and oxygen atoms in total. The number of esters is 2. The molecule has 0 radical (unpaired) electrons. The molecule has 1 heterocycles. The third-order valence-electron chi connectivity index (χ3n) is 5.50. The molecule has 3 rings (SSSR count). The van der Waals surface area contributed by atoms with Crippen LogP contribution in [0.5, 0.6) is 0 Å². The molecule has 9 heteroatoms. The van der Waals surface area contributed by atoms with Crippen molar-refractivity contribution in [3.63, 3.8) is 0 Å². The van der Waals surface area contributed by atoms with E-state index in [-0.39, 0.29) is 17.9 Å². The van der Waals surface area contributed by atoms with Gasteiger partial charge in [-0.1, -0.05) is 24.3 Å². The minimum atomic E-state index is -0.911. The maximum Gasteiger partial charge on any atom is 0.336 e. The maximum atomic E-state index is 13.2. The van der Waals surface area contributed by atoms with E-state index in [2.05, 4.69) is 17.6 Å². The number of carbonyl (C=O) groups excluding carboxylic acids is 2. The molecule has 0 bridgehead atoms. The summed E-state index contributed by atoms with van der Waals surface area (Å²) in [5.74, 6) is -2.95. The van der Waals surface area contributed by atoms with Crippen LogP contribution in [0.3, 0.4) is 0 Å². The highest BCUT2D eigenvalue weighted by molar-refractivity contribution is 7.80. The van der Waals surface area contributed by atoms with Crippen LogP contribution < -0.4 is 0 Å². The fourth-order valence-corrected chi connectivity index (χ4v) is 4.08. The minimum absolute atomic E-state index is 0.120. The lowest BCUT2D eigenvalue weighted by Crippen LogP contribution is -2.36. The first-order chi connectivity index (χ1) is 15.7. The summed E-state index contributed by atoms with van der Waals surface area (Å²) >= 11 is 4.26. The van der Waals surface area contributed by atoms with Gasteiger partial charge < -0.3 is 9.47 Å².